The summed E-state index contributed by atoms with van der Waals surface area (Å²) in [6.45, 7) is 1.92. The van der Waals surface area contributed by atoms with Crippen LogP contribution in [0, 0.1) is 0 Å². The van der Waals surface area contributed by atoms with Crippen LogP contribution in [-0.4, -0.2) is 24.5 Å². The van der Waals surface area contributed by atoms with E-state index in [1.165, 1.54) is 46.9 Å². The molecule has 0 bridgehead atoms. The van der Waals surface area contributed by atoms with Crippen molar-refractivity contribution in [2.24, 2.45) is 0 Å². The molecular formula is C15H14N4O3S3. The van der Waals surface area contributed by atoms with Crippen LogP contribution in [0.5, 0.6) is 0 Å². The molecule has 0 aliphatic heterocycles. The fraction of sp³-hybridized carbons (Fsp3) is 0.133. The van der Waals surface area contributed by atoms with Crippen LogP contribution in [-0.2, 0) is 16.4 Å². The highest BCUT2D eigenvalue weighted by Gasteiger charge is 2.17. The van der Waals surface area contributed by atoms with Crippen LogP contribution in [0.25, 0.3) is 0 Å². The zero-order chi connectivity index (χ0) is 17.9. The van der Waals surface area contributed by atoms with Gasteiger partial charge < -0.3 is 5.32 Å². The highest BCUT2D eigenvalue weighted by molar-refractivity contribution is 7.93. The fourth-order valence-corrected chi connectivity index (χ4v) is 4.46. The number of carbonyl (C=O) groups excluding carboxylic acids is 1. The summed E-state index contributed by atoms with van der Waals surface area (Å²) in [5, 5.41) is 13.2. The van der Waals surface area contributed by atoms with Crippen LogP contribution < -0.4 is 10.0 Å². The summed E-state index contributed by atoms with van der Waals surface area (Å²) in [7, 11) is -3.75. The van der Waals surface area contributed by atoms with Gasteiger partial charge in [-0.3, -0.25) is 9.52 Å². The van der Waals surface area contributed by atoms with E-state index in [1.54, 1.807) is 12.1 Å². The SMILES string of the molecule is CCc1nnc(NS(=O)(=O)c2ccc(NC(=O)c3cccs3)cc2)s1. The molecule has 0 aliphatic carbocycles. The van der Waals surface area contributed by atoms with Gasteiger partial charge >= 0.3 is 0 Å². The van der Waals surface area contributed by atoms with Crippen LogP contribution >= 0.6 is 22.7 Å². The van der Waals surface area contributed by atoms with Gasteiger partial charge in [-0.2, -0.15) is 0 Å². The van der Waals surface area contributed by atoms with Gasteiger partial charge in [-0.05, 0) is 42.1 Å². The van der Waals surface area contributed by atoms with Gasteiger partial charge in [-0.25, -0.2) is 8.42 Å². The number of thiophene rings is 1. The van der Waals surface area contributed by atoms with E-state index in [0.29, 0.717) is 17.0 Å². The Labute approximate surface area is 152 Å². The summed E-state index contributed by atoms with van der Waals surface area (Å²) in [5.41, 5.74) is 0.515. The van der Waals surface area contributed by atoms with E-state index in [9.17, 15) is 13.2 Å². The van der Waals surface area contributed by atoms with E-state index in [4.69, 9.17) is 0 Å². The number of aryl methyl sites for hydroxylation is 1. The lowest BCUT2D eigenvalue weighted by Crippen LogP contribution is -2.13. The lowest BCUT2D eigenvalue weighted by molar-refractivity contribution is 0.103. The molecule has 1 amide bonds. The first-order valence-corrected chi connectivity index (χ1v) is 10.5. The van der Waals surface area contributed by atoms with Gasteiger partial charge in [0.05, 0.1) is 9.77 Å². The third kappa shape index (κ3) is 4.21. The zero-order valence-corrected chi connectivity index (χ0v) is 15.5. The molecule has 10 heteroatoms. The lowest BCUT2D eigenvalue weighted by Gasteiger charge is -2.07. The molecule has 0 unspecified atom stereocenters. The van der Waals surface area contributed by atoms with Crippen molar-refractivity contribution in [3.05, 3.63) is 51.7 Å². The number of nitrogens with one attached hydrogen (secondary N) is 2. The first-order valence-electron chi connectivity index (χ1n) is 7.28. The topological polar surface area (TPSA) is 101 Å². The highest BCUT2D eigenvalue weighted by Crippen LogP contribution is 2.21. The number of rotatable bonds is 6. The van der Waals surface area contributed by atoms with Gasteiger partial charge in [0, 0.05) is 5.69 Å². The maximum Gasteiger partial charge on any atom is 0.265 e. The molecule has 7 nitrogen and oxygen atoms in total. The molecule has 0 fully saturated rings. The smallest absolute Gasteiger partial charge is 0.265 e. The normalized spacial score (nSPS) is 11.2. The van der Waals surface area contributed by atoms with E-state index >= 15 is 0 Å². The van der Waals surface area contributed by atoms with Crippen molar-refractivity contribution >= 4 is 49.4 Å². The van der Waals surface area contributed by atoms with E-state index in [0.717, 1.165) is 5.01 Å². The first-order chi connectivity index (χ1) is 12.0. The van der Waals surface area contributed by atoms with Crippen molar-refractivity contribution in [1.82, 2.24) is 10.2 Å². The van der Waals surface area contributed by atoms with Crippen molar-refractivity contribution in [3.63, 3.8) is 0 Å². The van der Waals surface area contributed by atoms with E-state index in [2.05, 4.69) is 20.2 Å². The molecule has 0 spiro atoms. The third-order valence-electron chi connectivity index (χ3n) is 3.16. The Kier molecular flexibility index (Phi) is 5.11. The molecule has 0 aliphatic rings. The van der Waals surface area contributed by atoms with Gasteiger partial charge in [0.2, 0.25) is 5.13 Å². The summed E-state index contributed by atoms with van der Waals surface area (Å²) in [6.07, 6.45) is 0.692. The number of hydrogen-bond acceptors (Lipinski definition) is 7. The molecule has 0 saturated carbocycles. The summed E-state index contributed by atoms with van der Waals surface area (Å²) in [4.78, 5) is 12.6. The van der Waals surface area contributed by atoms with Crippen molar-refractivity contribution < 1.29 is 13.2 Å². The summed E-state index contributed by atoms with van der Waals surface area (Å²) < 4.78 is 27.1. The quantitative estimate of drug-likeness (QED) is 0.668. The number of benzene rings is 1. The molecule has 0 radical (unpaired) electrons. The van der Waals surface area contributed by atoms with Gasteiger partial charge in [-0.1, -0.05) is 24.3 Å². The molecule has 3 rings (SSSR count). The summed E-state index contributed by atoms with van der Waals surface area (Å²) in [6, 6.07) is 9.44. The Morgan fingerprint density at radius 1 is 1.16 bits per heavy atom. The Morgan fingerprint density at radius 3 is 2.52 bits per heavy atom. The minimum atomic E-state index is -3.75. The molecule has 130 valence electrons. The van der Waals surface area contributed by atoms with Crippen molar-refractivity contribution in [2.75, 3.05) is 10.0 Å². The van der Waals surface area contributed by atoms with Crippen LogP contribution in [0.2, 0.25) is 0 Å². The van der Waals surface area contributed by atoms with E-state index < -0.39 is 10.0 Å². The van der Waals surface area contributed by atoms with Crippen molar-refractivity contribution in [3.8, 4) is 0 Å². The molecule has 2 heterocycles. The van der Waals surface area contributed by atoms with Crippen LogP contribution in [0.15, 0.2) is 46.7 Å². The number of aromatic nitrogens is 2. The molecule has 3 aromatic rings. The maximum absolute atomic E-state index is 12.4. The van der Waals surface area contributed by atoms with Crippen LogP contribution in [0.3, 0.4) is 0 Å². The first kappa shape index (κ1) is 17.5. The number of hydrogen-bond donors (Lipinski definition) is 2. The number of sulfonamides is 1. The number of carbonyl (C=O) groups is 1. The van der Waals surface area contributed by atoms with Gasteiger partial charge in [-0.15, -0.1) is 21.5 Å². The van der Waals surface area contributed by atoms with E-state index in [1.807, 2.05) is 12.3 Å². The van der Waals surface area contributed by atoms with Crippen molar-refractivity contribution in [2.45, 2.75) is 18.2 Å². The molecule has 25 heavy (non-hydrogen) atoms. The van der Waals surface area contributed by atoms with Crippen molar-refractivity contribution in [1.29, 1.82) is 0 Å². The minimum Gasteiger partial charge on any atom is -0.321 e. The Balaban J connectivity index is 1.71. The predicted octanol–water partition coefficient (Wildman–Crippen LogP) is 3.22. The second-order valence-electron chi connectivity index (χ2n) is 4.92. The van der Waals surface area contributed by atoms with Crippen LogP contribution in [0.1, 0.15) is 21.6 Å². The molecular weight excluding hydrogens is 380 g/mol. The standard InChI is InChI=1S/C15H14N4O3S3/c1-2-13-17-18-15(24-13)19-25(21,22)11-7-5-10(6-8-11)16-14(20)12-4-3-9-23-12/h3-9H,2H2,1H3,(H,16,20)(H,18,19). The Morgan fingerprint density at radius 2 is 1.92 bits per heavy atom. The second-order valence-corrected chi connectivity index (χ2v) is 8.61. The van der Waals surface area contributed by atoms with Crippen LogP contribution in [0.4, 0.5) is 10.8 Å². The summed E-state index contributed by atoms with van der Waals surface area (Å²) in [5.74, 6) is -0.232. The molecule has 0 saturated heterocycles. The maximum atomic E-state index is 12.4. The molecule has 0 atom stereocenters. The largest absolute Gasteiger partial charge is 0.321 e. The molecule has 1 aromatic carbocycles. The average molecular weight is 395 g/mol. The number of nitrogens with zero attached hydrogens (tertiary/aromatic N) is 2. The Bertz CT molecular complexity index is 964. The Hall–Kier alpha value is -2.30. The van der Waals surface area contributed by atoms with E-state index in [-0.39, 0.29) is 15.9 Å². The predicted molar refractivity (Wildman–Crippen MR) is 98.8 cm³/mol. The third-order valence-corrected chi connectivity index (χ3v) is 6.49. The van der Waals surface area contributed by atoms with Gasteiger partial charge in [0.15, 0.2) is 0 Å². The molecule has 2 N–H and O–H groups in total. The fourth-order valence-electron chi connectivity index (χ4n) is 1.93. The number of amides is 1. The van der Waals surface area contributed by atoms with Gasteiger partial charge in [0.25, 0.3) is 15.9 Å². The average Bonchev–Trinajstić information content (AvgIpc) is 3.26. The monoisotopic (exact) mass is 394 g/mol. The minimum absolute atomic E-state index is 0.0786. The highest BCUT2D eigenvalue weighted by atomic mass is 32.2. The summed E-state index contributed by atoms with van der Waals surface area (Å²) >= 11 is 2.53. The molecule has 2 aromatic heterocycles. The second kappa shape index (κ2) is 7.30. The zero-order valence-electron chi connectivity index (χ0n) is 13.1. The lowest BCUT2D eigenvalue weighted by atomic mass is 10.3. The number of anilines is 2. The van der Waals surface area contributed by atoms with Gasteiger partial charge in [0.1, 0.15) is 5.01 Å².